The van der Waals surface area contributed by atoms with E-state index >= 15 is 0 Å². The number of carbonyl (C=O) groups is 1. The van der Waals surface area contributed by atoms with Gasteiger partial charge in [-0.1, -0.05) is 36.4 Å². The van der Waals surface area contributed by atoms with Crippen molar-refractivity contribution in [1.29, 1.82) is 0 Å². The van der Waals surface area contributed by atoms with Gasteiger partial charge in [-0.3, -0.25) is 4.79 Å². The Morgan fingerprint density at radius 1 is 1.32 bits per heavy atom. The van der Waals surface area contributed by atoms with E-state index in [0.717, 1.165) is 18.5 Å². The Morgan fingerprint density at radius 3 is 3.00 bits per heavy atom. The van der Waals surface area contributed by atoms with E-state index < -0.39 is 0 Å². The zero-order chi connectivity index (χ0) is 13.0. The van der Waals surface area contributed by atoms with Crippen molar-refractivity contribution in [2.45, 2.75) is 18.4 Å². The molecule has 2 nitrogen and oxygen atoms in total. The summed E-state index contributed by atoms with van der Waals surface area (Å²) in [6, 6.07) is 8.46. The Hall–Kier alpha value is -1.83. The quantitative estimate of drug-likeness (QED) is 0.703. The molecule has 2 heteroatoms. The number of hydrogen-bond donors (Lipinski definition) is 0. The Morgan fingerprint density at radius 2 is 2.16 bits per heavy atom. The summed E-state index contributed by atoms with van der Waals surface area (Å²) in [4.78, 5) is 14.7. The summed E-state index contributed by atoms with van der Waals surface area (Å²) in [6.07, 6.45) is 7.66. The molecular weight excluding hydrogens is 234 g/mol. The summed E-state index contributed by atoms with van der Waals surface area (Å²) in [5.74, 6) is 1.62. The second-order valence-corrected chi connectivity index (χ2v) is 5.79. The van der Waals surface area contributed by atoms with E-state index in [1.165, 1.54) is 5.56 Å². The number of nitrogens with zero attached hydrogens (tertiary/aromatic N) is 1. The molecule has 0 unspecified atom stereocenters. The normalized spacial score (nSPS) is 34.9. The molecule has 0 saturated heterocycles. The lowest BCUT2D eigenvalue weighted by Crippen LogP contribution is -2.50. The fourth-order valence-corrected chi connectivity index (χ4v) is 4.22. The molecule has 0 radical (unpaired) electrons. The summed E-state index contributed by atoms with van der Waals surface area (Å²) in [6.45, 7) is 4.77. The molecule has 1 aliphatic carbocycles. The predicted molar refractivity (Wildman–Crippen MR) is 74.9 cm³/mol. The lowest BCUT2D eigenvalue weighted by Gasteiger charge is -2.43. The van der Waals surface area contributed by atoms with Gasteiger partial charge in [-0.15, -0.1) is 6.58 Å². The Bertz CT molecular complexity index is 589. The standard InChI is InChI=1S/C17H17NO/c1-2-11-10-12-6-5-9-18-16(12)15(11)13-7-3-4-8-14(13)17(18)19/h2-8,11-12,15-16H,1,9-10H2/t11-,12+,15-,16-/m0/s1. The molecule has 0 spiro atoms. The number of fused-ring (bicyclic) bond motifs is 2. The van der Waals surface area contributed by atoms with Gasteiger partial charge < -0.3 is 4.90 Å². The van der Waals surface area contributed by atoms with Gasteiger partial charge in [0.2, 0.25) is 0 Å². The molecule has 1 amide bonds. The van der Waals surface area contributed by atoms with Crippen LogP contribution in [-0.2, 0) is 0 Å². The van der Waals surface area contributed by atoms with Crippen LogP contribution in [0.3, 0.4) is 0 Å². The number of allylic oxidation sites excluding steroid dienone is 1. The summed E-state index contributed by atoms with van der Waals surface area (Å²) < 4.78 is 0. The Kier molecular flexibility index (Phi) is 2.22. The molecule has 1 aromatic rings. The van der Waals surface area contributed by atoms with E-state index in [2.05, 4.69) is 35.8 Å². The predicted octanol–water partition coefficient (Wildman–Crippen LogP) is 2.99. The zero-order valence-corrected chi connectivity index (χ0v) is 10.8. The topological polar surface area (TPSA) is 20.3 Å². The summed E-state index contributed by atoms with van der Waals surface area (Å²) in [7, 11) is 0. The summed E-state index contributed by atoms with van der Waals surface area (Å²) in [5, 5.41) is 0. The average Bonchev–Trinajstić information content (AvgIpc) is 2.84. The first-order chi connectivity index (χ1) is 9.31. The molecule has 2 aliphatic heterocycles. The van der Waals surface area contributed by atoms with Crippen LogP contribution < -0.4 is 0 Å². The Balaban J connectivity index is 1.93. The van der Waals surface area contributed by atoms with E-state index in [-0.39, 0.29) is 5.91 Å². The third-order valence-electron chi connectivity index (χ3n) is 4.97. The first kappa shape index (κ1) is 11.0. The fourth-order valence-electron chi connectivity index (χ4n) is 4.22. The third-order valence-corrected chi connectivity index (χ3v) is 4.97. The van der Waals surface area contributed by atoms with Gasteiger partial charge in [0.1, 0.15) is 0 Å². The van der Waals surface area contributed by atoms with Gasteiger partial charge in [-0.05, 0) is 29.9 Å². The lowest BCUT2D eigenvalue weighted by molar-refractivity contribution is 0.0611. The Labute approximate surface area is 113 Å². The second-order valence-electron chi connectivity index (χ2n) is 5.79. The van der Waals surface area contributed by atoms with Crippen LogP contribution in [-0.4, -0.2) is 23.4 Å². The van der Waals surface area contributed by atoms with Crippen molar-refractivity contribution >= 4 is 5.91 Å². The van der Waals surface area contributed by atoms with Crippen LogP contribution >= 0.6 is 0 Å². The van der Waals surface area contributed by atoms with Gasteiger partial charge in [-0.25, -0.2) is 0 Å². The summed E-state index contributed by atoms with van der Waals surface area (Å²) in [5.41, 5.74) is 2.13. The SMILES string of the molecule is C=C[C@H]1C[C@H]2C=CCN3C(=O)c4ccccc4[C@H]1[C@H]23. The average molecular weight is 251 g/mol. The highest BCUT2D eigenvalue weighted by Gasteiger charge is 2.50. The highest BCUT2D eigenvalue weighted by molar-refractivity contribution is 5.98. The smallest absolute Gasteiger partial charge is 0.254 e. The number of amides is 1. The minimum absolute atomic E-state index is 0.205. The highest BCUT2D eigenvalue weighted by atomic mass is 16.2. The van der Waals surface area contributed by atoms with Gasteiger partial charge >= 0.3 is 0 Å². The first-order valence-electron chi connectivity index (χ1n) is 7.00. The molecule has 2 heterocycles. The van der Waals surface area contributed by atoms with E-state index in [0.29, 0.717) is 23.8 Å². The molecular formula is C17H17NO. The molecule has 1 aromatic carbocycles. The van der Waals surface area contributed by atoms with Crippen LogP contribution in [0.15, 0.2) is 49.1 Å². The molecule has 19 heavy (non-hydrogen) atoms. The minimum atomic E-state index is 0.205. The van der Waals surface area contributed by atoms with E-state index in [1.54, 1.807) is 0 Å². The molecule has 1 fully saturated rings. The van der Waals surface area contributed by atoms with Crippen LogP contribution in [0.5, 0.6) is 0 Å². The van der Waals surface area contributed by atoms with E-state index in [1.807, 2.05) is 18.2 Å². The highest BCUT2D eigenvalue weighted by Crippen LogP contribution is 2.51. The lowest BCUT2D eigenvalue weighted by atomic mass is 9.78. The molecule has 0 bridgehead atoms. The molecule has 4 rings (SSSR count). The van der Waals surface area contributed by atoms with Crippen LogP contribution in [0.4, 0.5) is 0 Å². The van der Waals surface area contributed by atoms with Crippen molar-refractivity contribution < 1.29 is 4.79 Å². The van der Waals surface area contributed by atoms with E-state index in [9.17, 15) is 4.79 Å². The maximum absolute atomic E-state index is 12.6. The fraction of sp³-hybridized carbons (Fsp3) is 0.353. The number of rotatable bonds is 1. The molecule has 0 N–H and O–H groups in total. The molecule has 0 aromatic heterocycles. The van der Waals surface area contributed by atoms with Crippen molar-refractivity contribution in [2.75, 3.05) is 6.54 Å². The van der Waals surface area contributed by atoms with Crippen molar-refractivity contribution in [2.24, 2.45) is 11.8 Å². The van der Waals surface area contributed by atoms with Gasteiger partial charge in [-0.2, -0.15) is 0 Å². The van der Waals surface area contributed by atoms with Gasteiger partial charge in [0, 0.05) is 24.1 Å². The molecule has 3 aliphatic rings. The maximum Gasteiger partial charge on any atom is 0.254 e. The van der Waals surface area contributed by atoms with Crippen LogP contribution in [0, 0.1) is 11.8 Å². The first-order valence-corrected chi connectivity index (χ1v) is 7.00. The number of hydrogen-bond acceptors (Lipinski definition) is 1. The molecule has 96 valence electrons. The zero-order valence-electron chi connectivity index (χ0n) is 10.8. The van der Waals surface area contributed by atoms with Crippen LogP contribution in [0.2, 0.25) is 0 Å². The maximum atomic E-state index is 12.6. The van der Waals surface area contributed by atoms with E-state index in [4.69, 9.17) is 0 Å². The monoisotopic (exact) mass is 251 g/mol. The van der Waals surface area contributed by atoms with Gasteiger partial charge in [0.15, 0.2) is 0 Å². The van der Waals surface area contributed by atoms with Crippen LogP contribution in [0.1, 0.15) is 28.3 Å². The molecule has 4 atom stereocenters. The molecule has 1 saturated carbocycles. The van der Waals surface area contributed by atoms with Gasteiger partial charge in [0.05, 0.1) is 0 Å². The van der Waals surface area contributed by atoms with Crippen molar-refractivity contribution in [3.8, 4) is 0 Å². The van der Waals surface area contributed by atoms with Crippen molar-refractivity contribution in [1.82, 2.24) is 4.90 Å². The van der Waals surface area contributed by atoms with Crippen molar-refractivity contribution in [3.05, 3.63) is 60.2 Å². The third kappa shape index (κ3) is 1.34. The minimum Gasteiger partial charge on any atom is -0.331 e. The number of benzene rings is 1. The largest absolute Gasteiger partial charge is 0.331 e. The van der Waals surface area contributed by atoms with Crippen LogP contribution in [0.25, 0.3) is 0 Å². The number of carbonyl (C=O) groups excluding carboxylic acids is 1. The summed E-state index contributed by atoms with van der Waals surface area (Å²) >= 11 is 0. The van der Waals surface area contributed by atoms with Gasteiger partial charge in [0.25, 0.3) is 5.91 Å². The second kappa shape index (κ2) is 3.83. The van der Waals surface area contributed by atoms with Crippen molar-refractivity contribution in [3.63, 3.8) is 0 Å².